The highest BCUT2D eigenvalue weighted by molar-refractivity contribution is 7.92. The number of hydrogen-bond acceptors (Lipinski definition) is 7. The number of para-hydroxylation sites is 1. The summed E-state index contributed by atoms with van der Waals surface area (Å²) in [5.74, 6) is -1.44. The minimum atomic E-state index is -4.64. The molecular weight excluding hydrogens is 526 g/mol. The standard InChI is InChI=1S/C25H20ClF2N4O4S/c1-35-19-9-8-16(23(10-19)36-2)15-32(25-29-13-17(27)14-30-25)37(33,34)24-11-20(26)22(12-21(24)28)31-18-6-4-3-5-7-18/h3-6,8-14,31H,15H2,1-2H3. The van der Waals surface area contributed by atoms with Gasteiger partial charge < -0.3 is 14.8 Å². The molecule has 0 saturated carbocycles. The Morgan fingerprint density at radius 2 is 1.81 bits per heavy atom. The third kappa shape index (κ3) is 5.73. The summed E-state index contributed by atoms with van der Waals surface area (Å²) in [5.41, 5.74) is 1.04. The Hall–Kier alpha value is -3.96. The van der Waals surface area contributed by atoms with Crippen LogP contribution in [0.5, 0.6) is 11.5 Å². The lowest BCUT2D eigenvalue weighted by Crippen LogP contribution is -2.33. The molecule has 0 fully saturated rings. The summed E-state index contributed by atoms with van der Waals surface area (Å²) in [6.07, 6.45) is 1.62. The highest BCUT2D eigenvalue weighted by atomic mass is 35.5. The van der Waals surface area contributed by atoms with E-state index >= 15 is 4.39 Å². The molecule has 1 N–H and O–H groups in total. The summed E-state index contributed by atoms with van der Waals surface area (Å²) in [6.45, 7) is -0.364. The van der Waals surface area contributed by atoms with Crippen molar-refractivity contribution in [2.75, 3.05) is 23.8 Å². The lowest BCUT2D eigenvalue weighted by atomic mass is 10.2. The smallest absolute Gasteiger partial charge is 0.269 e. The first-order valence-electron chi connectivity index (χ1n) is 10.7. The van der Waals surface area contributed by atoms with Crippen LogP contribution in [0.25, 0.3) is 0 Å². The molecule has 1 heterocycles. The van der Waals surface area contributed by atoms with Gasteiger partial charge in [-0.1, -0.05) is 29.8 Å². The number of anilines is 3. The largest absolute Gasteiger partial charge is 0.497 e. The molecule has 37 heavy (non-hydrogen) atoms. The van der Waals surface area contributed by atoms with Crippen molar-refractivity contribution in [1.82, 2.24) is 9.97 Å². The molecule has 191 valence electrons. The number of methoxy groups -OCH3 is 2. The molecule has 0 aliphatic heterocycles. The number of hydrogen-bond donors (Lipinski definition) is 1. The SMILES string of the molecule is COc1ccc(CN(c2ncc(F)cn2)S(=O)(=O)c2cc(Cl)c(Nc3[c]cccc3)cc2F)c(OC)c1. The second kappa shape index (κ2) is 11.0. The van der Waals surface area contributed by atoms with Gasteiger partial charge in [0, 0.05) is 29.4 Å². The molecule has 0 spiro atoms. The summed E-state index contributed by atoms with van der Waals surface area (Å²) in [6, 6.07) is 16.5. The van der Waals surface area contributed by atoms with Crippen LogP contribution in [-0.4, -0.2) is 32.6 Å². The molecule has 1 aromatic heterocycles. The first-order valence-corrected chi connectivity index (χ1v) is 12.5. The number of nitrogens with zero attached hydrogens (tertiary/aromatic N) is 3. The minimum absolute atomic E-state index is 0.0563. The van der Waals surface area contributed by atoms with Crippen molar-refractivity contribution < 1.29 is 26.7 Å². The number of aromatic nitrogens is 2. The Balaban J connectivity index is 1.78. The molecule has 4 aromatic rings. The van der Waals surface area contributed by atoms with E-state index in [2.05, 4.69) is 21.4 Å². The third-order valence-electron chi connectivity index (χ3n) is 5.21. The summed E-state index contributed by atoms with van der Waals surface area (Å²) in [7, 11) is -1.77. The average Bonchev–Trinajstić information content (AvgIpc) is 2.90. The van der Waals surface area contributed by atoms with Gasteiger partial charge in [0.05, 0.1) is 43.9 Å². The lowest BCUT2D eigenvalue weighted by molar-refractivity contribution is 0.391. The number of ether oxygens (including phenoxy) is 2. The Labute approximate surface area is 217 Å². The quantitative estimate of drug-likeness (QED) is 0.302. The molecule has 0 unspecified atom stereocenters. The molecule has 0 atom stereocenters. The van der Waals surface area contributed by atoms with Crippen LogP contribution >= 0.6 is 11.6 Å². The van der Waals surface area contributed by atoms with Crippen molar-refractivity contribution in [3.63, 3.8) is 0 Å². The predicted molar refractivity (Wildman–Crippen MR) is 135 cm³/mol. The van der Waals surface area contributed by atoms with Crippen molar-refractivity contribution >= 4 is 38.9 Å². The predicted octanol–water partition coefficient (Wildman–Crippen LogP) is 5.36. The molecule has 0 aliphatic carbocycles. The lowest BCUT2D eigenvalue weighted by Gasteiger charge is -2.24. The molecule has 8 nitrogen and oxygen atoms in total. The number of nitrogens with one attached hydrogen (secondary N) is 1. The van der Waals surface area contributed by atoms with Gasteiger partial charge in [0.1, 0.15) is 22.2 Å². The maximum Gasteiger partial charge on any atom is 0.269 e. The first kappa shape index (κ1) is 26.1. The van der Waals surface area contributed by atoms with E-state index in [1.54, 1.807) is 42.5 Å². The first-order chi connectivity index (χ1) is 17.7. The monoisotopic (exact) mass is 545 g/mol. The number of benzene rings is 3. The van der Waals surface area contributed by atoms with Gasteiger partial charge in [-0.25, -0.2) is 31.5 Å². The zero-order valence-electron chi connectivity index (χ0n) is 19.6. The van der Waals surface area contributed by atoms with Crippen LogP contribution in [0.2, 0.25) is 5.02 Å². The van der Waals surface area contributed by atoms with Crippen LogP contribution in [0.4, 0.5) is 26.1 Å². The second-order valence-electron chi connectivity index (χ2n) is 7.55. The van der Waals surface area contributed by atoms with Crippen LogP contribution in [0, 0.1) is 17.7 Å². The van der Waals surface area contributed by atoms with Gasteiger partial charge in [0.25, 0.3) is 10.0 Å². The van der Waals surface area contributed by atoms with E-state index in [1.165, 1.54) is 14.2 Å². The van der Waals surface area contributed by atoms with Crippen LogP contribution in [0.15, 0.2) is 71.9 Å². The summed E-state index contributed by atoms with van der Waals surface area (Å²) in [4.78, 5) is 6.89. The topological polar surface area (TPSA) is 93.7 Å². The van der Waals surface area contributed by atoms with Crippen LogP contribution in [0.3, 0.4) is 0 Å². The van der Waals surface area contributed by atoms with E-state index in [0.29, 0.717) is 22.7 Å². The molecule has 3 aromatic carbocycles. The average molecular weight is 546 g/mol. The highest BCUT2D eigenvalue weighted by Crippen LogP contribution is 2.34. The van der Waals surface area contributed by atoms with Crippen molar-refractivity contribution in [3.8, 4) is 11.5 Å². The van der Waals surface area contributed by atoms with Crippen molar-refractivity contribution in [1.29, 1.82) is 0 Å². The molecule has 0 aliphatic rings. The Morgan fingerprint density at radius 1 is 1.05 bits per heavy atom. The van der Waals surface area contributed by atoms with Gasteiger partial charge >= 0.3 is 0 Å². The fourth-order valence-electron chi connectivity index (χ4n) is 3.39. The van der Waals surface area contributed by atoms with E-state index in [1.807, 2.05) is 0 Å². The third-order valence-corrected chi connectivity index (χ3v) is 7.26. The molecule has 0 amide bonds. The van der Waals surface area contributed by atoms with E-state index in [0.717, 1.165) is 28.8 Å². The van der Waals surface area contributed by atoms with E-state index in [4.69, 9.17) is 21.1 Å². The molecule has 0 saturated heterocycles. The van der Waals surface area contributed by atoms with Crippen LogP contribution < -0.4 is 19.1 Å². The van der Waals surface area contributed by atoms with Crippen molar-refractivity contribution in [2.24, 2.45) is 0 Å². The number of rotatable bonds is 9. The fourth-order valence-corrected chi connectivity index (χ4v) is 5.10. The Morgan fingerprint density at radius 3 is 2.46 bits per heavy atom. The Kier molecular flexibility index (Phi) is 7.74. The van der Waals surface area contributed by atoms with E-state index < -0.39 is 26.6 Å². The fraction of sp³-hybridized carbons (Fsp3) is 0.120. The number of sulfonamides is 1. The van der Waals surface area contributed by atoms with E-state index in [9.17, 15) is 12.8 Å². The van der Waals surface area contributed by atoms with Crippen molar-refractivity contribution in [2.45, 2.75) is 11.4 Å². The van der Waals surface area contributed by atoms with Crippen LogP contribution in [-0.2, 0) is 16.6 Å². The maximum absolute atomic E-state index is 15.3. The molecule has 1 radical (unpaired) electrons. The van der Waals surface area contributed by atoms with Gasteiger partial charge in [-0.15, -0.1) is 0 Å². The van der Waals surface area contributed by atoms with Gasteiger partial charge in [-0.2, -0.15) is 0 Å². The molecular formula is C25H20ClF2N4O4S. The van der Waals surface area contributed by atoms with Crippen molar-refractivity contribution in [3.05, 3.63) is 95.3 Å². The van der Waals surface area contributed by atoms with Gasteiger partial charge in [0.15, 0.2) is 5.82 Å². The molecule has 0 bridgehead atoms. The highest BCUT2D eigenvalue weighted by Gasteiger charge is 2.32. The maximum atomic E-state index is 15.3. The van der Waals surface area contributed by atoms with Gasteiger partial charge in [0.2, 0.25) is 5.95 Å². The molecule has 4 rings (SSSR count). The second-order valence-corrected chi connectivity index (χ2v) is 9.79. The summed E-state index contributed by atoms with van der Waals surface area (Å²) >= 11 is 6.33. The summed E-state index contributed by atoms with van der Waals surface area (Å²) < 4.78 is 67.6. The Bertz CT molecular complexity index is 1510. The summed E-state index contributed by atoms with van der Waals surface area (Å²) in [5, 5.41) is 2.84. The zero-order valence-corrected chi connectivity index (χ0v) is 21.1. The normalized spacial score (nSPS) is 11.2. The van der Waals surface area contributed by atoms with Gasteiger partial charge in [-0.05, 0) is 24.3 Å². The molecule has 12 heteroatoms. The minimum Gasteiger partial charge on any atom is -0.497 e. The van der Waals surface area contributed by atoms with E-state index in [-0.39, 0.29) is 23.2 Å². The number of halogens is 3. The zero-order chi connectivity index (χ0) is 26.6. The van der Waals surface area contributed by atoms with Crippen LogP contribution in [0.1, 0.15) is 5.56 Å². The van der Waals surface area contributed by atoms with Gasteiger partial charge in [-0.3, -0.25) is 0 Å².